The van der Waals surface area contributed by atoms with Gasteiger partial charge in [-0.15, -0.1) is 0 Å². The molecule has 0 rings (SSSR count). The predicted molar refractivity (Wildman–Crippen MR) is 30.5 cm³/mol. The fourth-order valence-electron chi connectivity index (χ4n) is 0.345. The molecule has 0 aliphatic rings. The molecule has 0 aromatic rings. The Morgan fingerprint density at radius 2 is 1.92 bits per heavy atom. The molecule has 1 N–H and O–H groups in total. The fraction of sp³-hybridized carbons (Fsp3) is 0.800. The number of ether oxygens (including phenoxy) is 2. The highest BCUT2D eigenvalue weighted by molar-refractivity contribution is 5.67. The monoisotopic (exact) mass is 188 g/mol. The summed E-state index contributed by atoms with van der Waals surface area (Å²) in [6.07, 6.45) is -4.41. The molecule has 0 amide bonds. The van der Waals surface area contributed by atoms with Gasteiger partial charge < -0.3 is 14.6 Å². The first-order chi connectivity index (χ1) is 5.42. The van der Waals surface area contributed by atoms with Crippen LogP contribution in [0, 0.1) is 0 Å². The lowest BCUT2D eigenvalue weighted by Crippen LogP contribution is -2.19. The van der Waals surface area contributed by atoms with Gasteiger partial charge in [-0.25, -0.2) is 4.79 Å². The van der Waals surface area contributed by atoms with Crippen LogP contribution in [0.4, 0.5) is 13.2 Å². The Kier molecular flexibility index (Phi) is 4.60. The second-order valence-corrected chi connectivity index (χ2v) is 1.82. The van der Waals surface area contributed by atoms with Crippen LogP contribution in [0.15, 0.2) is 0 Å². The topological polar surface area (TPSA) is 55.8 Å². The van der Waals surface area contributed by atoms with Crippen LogP contribution in [0.5, 0.6) is 0 Å². The maximum absolute atomic E-state index is 11.3. The lowest BCUT2D eigenvalue weighted by atomic mass is 10.7. The third kappa shape index (κ3) is 9.18. The molecule has 0 aliphatic carbocycles. The minimum Gasteiger partial charge on any atom is -0.480 e. The fourth-order valence-corrected chi connectivity index (χ4v) is 0.345. The van der Waals surface area contributed by atoms with Crippen molar-refractivity contribution >= 4 is 5.97 Å². The number of carboxylic acids is 1. The van der Waals surface area contributed by atoms with E-state index in [9.17, 15) is 18.0 Å². The van der Waals surface area contributed by atoms with Crippen LogP contribution in [0.1, 0.15) is 0 Å². The van der Waals surface area contributed by atoms with E-state index in [1.807, 2.05) is 0 Å². The van der Waals surface area contributed by atoms with Gasteiger partial charge in [0.1, 0.15) is 20.0 Å². The first kappa shape index (κ1) is 11.2. The van der Waals surface area contributed by atoms with Crippen LogP contribution in [0.2, 0.25) is 0 Å². The number of halogens is 3. The van der Waals surface area contributed by atoms with E-state index < -0.39 is 32.2 Å². The number of alkyl halides is 3. The van der Waals surface area contributed by atoms with Crippen LogP contribution >= 0.6 is 0 Å². The van der Waals surface area contributed by atoms with E-state index in [-0.39, 0.29) is 0 Å². The summed E-state index contributed by atoms with van der Waals surface area (Å²) in [5, 5.41) is 7.97. The Balaban J connectivity index is 3.17. The molecule has 72 valence electrons. The Hall–Kier alpha value is -0.820. The van der Waals surface area contributed by atoms with Gasteiger partial charge in [0.25, 0.3) is 0 Å². The van der Waals surface area contributed by atoms with Crippen LogP contribution in [-0.4, -0.2) is 37.3 Å². The van der Waals surface area contributed by atoms with E-state index >= 15 is 0 Å². The molecule has 4 nitrogen and oxygen atoms in total. The summed E-state index contributed by atoms with van der Waals surface area (Å²) in [4.78, 5) is 9.76. The van der Waals surface area contributed by atoms with Crippen molar-refractivity contribution in [1.29, 1.82) is 0 Å². The molecule has 0 heterocycles. The van der Waals surface area contributed by atoms with E-state index in [4.69, 9.17) is 5.11 Å². The first-order valence-corrected chi connectivity index (χ1v) is 2.86. The van der Waals surface area contributed by atoms with Gasteiger partial charge in [-0.2, -0.15) is 13.2 Å². The van der Waals surface area contributed by atoms with Crippen molar-refractivity contribution < 1.29 is 32.5 Å². The van der Waals surface area contributed by atoms with E-state index in [0.29, 0.717) is 0 Å². The molecule has 0 saturated carbocycles. The number of rotatable bonds is 5. The van der Waals surface area contributed by atoms with E-state index in [1.165, 1.54) is 0 Å². The van der Waals surface area contributed by atoms with Crippen molar-refractivity contribution in [2.75, 3.05) is 20.0 Å². The van der Waals surface area contributed by atoms with Gasteiger partial charge in [-0.05, 0) is 0 Å². The summed E-state index contributed by atoms with van der Waals surface area (Å²) in [6, 6.07) is 0. The Morgan fingerprint density at radius 3 is 2.33 bits per heavy atom. The van der Waals surface area contributed by atoms with E-state index in [0.717, 1.165) is 0 Å². The summed E-state index contributed by atoms with van der Waals surface area (Å²) >= 11 is 0. The van der Waals surface area contributed by atoms with Crippen molar-refractivity contribution in [2.45, 2.75) is 6.18 Å². The Bertz CT molecular complexity index is 144. The number of hydrogen-bond acceptors (Lipinski definition) is 3. The average Bonchev–Trinajstić information content (AvgIpc) is 1.83. The summed E-state index contributed by atoms with van der Waals surface area (Å²) < 4.78 is 42.1. The van der Waals surface area contributed by atoms with E-state index in [2.05, 4.69) is 9.47 Å². The van der Waals surface area contributed by atoms with Gasteiger partial charge in [0.2, 0.25) is 0 Å². The van der Waals surface area contributed by atoms with Crippen molar-refractivity contribution in [1.82, 2.24) is 0 Å². The SMILES string of the molecule is O=C(O)COCOCC(F)(F)F. The van der Waals surface area contributed by atoms with Crippen LogP contribution in [0.25, 0.3) is 0 Å². The zero-order valence-corrected chi connectivity index (χ0v) is 5.93. The number of aliphatic carboxylic acids is 1. The molecule has 0 unspecified atom stereocenters. The van der Waals surface area contributed by atoms with Gasteiger partial charge in [-0.1, -0.05) is 0 Å². The summed E-state index contributed by atoms with van der Waals surface area (Å²) in [5.74, 6) is -1.26. The Labute approximate surface area is 65.9 Å². The minimum absolute atomic E-state index is 0.669. The zero-order valence-electron chi connectivity index (χ0n) is 5.93. The number of carbonyl (C=O) groups is 1. The molecule has 0 aromatic heterocycles. The quantitative estimate of drug-likeness (QED) is 0.507. The summed E-state index contributed by atoms with van der Waals surface area (Å²) in [5.41, 5.74) is 0. The van der Waals surface area contributed by atoms with Crippen LogP contribution in [0.3, 0.4) is 0 Å². The summed E-state index contributed by atoms with van der Waals surface area (Å²) in [6.45, 7) is -2.78. The molecule has 0 aromatic carbocycles. The van der Waals surface area contributed by atoms with Gasteiger partial charge >= 0.3 is 12.1 Å². The molecule has 0 atom stereocenters. The van der Waals surface area contributed by atoms with E-state index in [1.54, 1.807) is 0 Å². The molecule has 0 radical (unpaired) electrons. The number of carboxylic acid groups (broad SMARTS) is 1. The number of hydrogen-bond donors (Lipinski definition) is 1. The summed E-state index contributed by atoms with van der Waals surface area (Å²) in [7, 11) is 0. The molecule has 0 spiro atoms. The zero-order chi connectivity index (χ0) is 9.61. The highest BCUT2D eigenvalue weighted by Crippen LogP contribution is 2.13. The largest absolute Gasteiger partial charge is 0.480 e. The standard InChI is InChI=1S/C5H7F3O4/c6-5(7,8)2-12-3-11-1-4(9)10/h1-3H2,(H,9,10). The normalized spacial score (nSPS) is 11.6. The maximum Gasteiger partial charge on any atom is 0.411 e. The third-order valence-corrected chi connectivity index (χ3v) is 0.658. The molecule has 7 heteroatoms. The highest BCUT2D eigenvalue weighted by Gasteiger charge is 2.27. The molecule has 12 heavy (non-hydrogen) atoms. The first-order valence-electron chi connectivity index (χ1n) is 2.86. The molecule has 0 aliphatic heterocycles. The predicted octanol–water partition coefficient (Wildman–Crippen LogP) is 0.624. The lowest BCUT2D eigenvalue weighted by Gasteiger charge is -2.06. The molecular formula is C5H7F3O4. The van der Waals surface area contributed by atoms with Crippen molar-refractivity contribution in [2.24, 2.45) is 0 Å². The Morgan fingerprint density at radius 1 is 1.33 bits per heavy atom. The third-order valence-electron chi connectivity index (χ3n) is 0.658. The molecule has 0 bridgehead atoms. The molecule has 0 fully saturated rings. The lowest BCUT2D eigenvalue weighted by molar-refractivity contribution is -0.198. The van der Waals surface area contributed by atoms with Gasteiger partial charge in [0.05, 0.1) is 0 Å². The second kappa shape index (κ2) is 4.94. The smallest absolute Gasteiger partial charge is 0.411 e. The van der Waals surface area contributed by atoms with Crippen LogP contribution < -0.4 is 0 Å². The van der Waals surface area contributed by atoms with Crippen molar-refractivity contribution in [3.05, 3.63) is 0 Å². The molecule has 0 saturated heterocycles. The van der Waals surface area contributed by atoms with Gasteiger partial charge in [0.15, 0.2) is 0 Å². The molecular weight excluding hydrogens is 181 g/mol. The highest BCUT2D eigenvalue weighted by atomic mass is 19.4. The second-order valence-electron chi connectivity index (χ2n) is 1.82. The average molecular weight is 188 g/mol. The minimum atomic E-state index is -4.41. The van der Waals surface area contributed by atoms with Crippen LogP contribution in [-0.2, 0) is 14.3 Å². The van der Waals surface area contributed by atoms with Crippen molar-refractivity contribution in [3.8, 4) is 0 Å². The maximum atomic E-state index is 11.3. The van der Waals surface area contributed by atoms with Gasteiger partial charge in [-0.3, -0.25) is 0 Å². The van der Waals surface area contributed by atoms with Crippen molar-refractivity contribution in [3.63, 3.8) is 0 Å². The van der Waals surface area contributed by atoms with Gasteiger partial charge in [0, 0.05) is 0 Å².